The fourth-order valence-corrected chi connectivity index (χ4v) is 7.02. The Kier molecular flexibility index (Phi) is 7.42. The van der Waals surface area contributed by atoms with Crippen molar-refractivity contribution < 1.29 is 32.8 Å². The lowest BCUT2D eigenvalue weighted by Crippen LogP contribution is -2.65. The van der Waals surface area contributed by atoms with Crippen molar-refractivity contribution >= 4 is 19.3 Å². The van der Waals surface area contributed by atoms with E-state index in [0.29, 0.717) is 37.6 Å². The number of likely N-dealkylation sites (tertiary alicyclic amines) is 1. The fraction of sp³-hybridized carbons (Fsp3) is 0.724. The number of ether oxygens (including phenoxy) is 2. The quantitative estimate of drug-likeness (QED) is 0.518. The van der Waals surface area contributed by atoms with Gasteiger partial charge in [-0.25, -0.2) is 14.0 Å². The third kappa shape index (κ3) is 5.78. The molecule has 1 N–H and O–H groups in total. The van der Waals surface area contributed by atoms with Gasteiger partial charge in [-0.2, -0.15) is 0 Å². The Balaban J connectivity index is 1.26. The minimum atomic E-state index is -0.655. The van der Waals surface area contributed by atoms with Crippen LogP contribution < -0.4 is 5.32 Å². The van der Waals surface area contributed by atoms with Crippen LogP contribution in [0.25, 0.3) is 0 Å². The number of nitrogens with zero attached hydrogens (tertiary/aromatic N) is 1. The van der Waals surface area contributed by atoms with Crippen molar-refractivity contribution in [1.29, 1.82) is 0 Å². The Labute approximate surface area is 231 Å². The van der Waals surface area contributed by atoms with Crippen molar-refractivity contribution in [3.05, 3.63) is 35.6 Å². The van der Waals surface area contributed by atoms with Gasteiger partial charge in [0.05, 0.1) is 24.2 Å². The van der Waals surface area contributed by atoms with Crippen molar-refractivity contribution in [2.45, 2.75) is 103 Å². The lowest BCUT2D eigenvalue weighted by Gasteiger charge is -2.64. The van der Waals surface area contributed by atoms with Gasteiger partial charge in [0, 0.05) is 6.54 Å². The number of carbonyl (C=O) groups is 2. The van der Waals surface area contributed by atoms with Crippen LogP contribution >= 0.6 is 0 Å². The highest BCUT2D eigenvalue weighted by atomic mass is 19.1. The van der Waals surface area contributed by atoms with Crippen molar-refractivity contribution in [3.63, 3.8) is 0 Å². The van der Waals surface area contributed by atoms with Crippen molar-refractivity contribution in [2.75, 3.05) is 13.1 Å². The monoisotopic (exact) mass is 544 g/mol. The van der Waals surface area contributed by atoms with Gasteiger partial charge in [0.2, 0.25) is 0 Å². The van der Waals surface area contributed by atoms with Gasteiger partial charge < -0.3 is 29.0 Å². The first-order valence-corrected chi connectivity index (χ1v) is 14.3. The highest BCUT2D eigenvalue weighted by Crippen LogP contribution is 2.65. The summed E-state index contributed by atoms with van der Waals surface area (Å²) in [5.41, 5.74) is 0.0314. The van der Waals surface area contributed by atoms with E-state index in [-0.39, 0.29) is 23.9 Å². The van der Waals surface area contributed by atoms with Gasteiger partial charge in [-0.05, 0) is 94.7 Å². The molecule has 6 atom stereocenters. The molecule has 2 aliphatic heterocycles. The molecular weight excluding hydrogens is 502 g/mol. The molecule has 8 nitrogen and oxygen atoms in total. The van der Waals surface area contributed by atoms with E-state index in [0.717, 1.165) is 18.4 Å². The summed E-state index contributed by atoms with van der Waals surface area (Å²) in [6, 6.07) is 6.23. The second kappa shape index (κ2) is 10.3. The lowest BCUT2D eigenvalue weighted by molar-refractivity contribution is -0.199. The second-order valence-electron chi connectivity index (χ2n) is 13.5. The van der Waals surface area contributed by atoms with Gasteiger partial charge in [-0.1, -0.05) is 26.0 Å². The number of benzene rings is 1. The Bertz CT molecular complexity index is 1080. The maximum atomic E-state index is 13.6. The third-order valence-corrected chi connectivity index (χ3v) is 9.27. The zero-order valence-corrected chi connectivity index (χ0v) is 24.0. The van der Waals surface area contributed by atoms with E-state index in [1.54, 1.807) is 17.0 Å². The standard InChI is InChI=1S/C29H42BFN2O6/c1-27(2,3)37-26(35)33-13-7-8-21(17-33)36-25(34)32-24(14-18-9-11-20(31)12-10-18)30-38-23-16-19-15-22(28(19,4)5)29(23,6)39-30/h9-12,19,21-24H,7-8,13-17H2,1-6H3,(H,32,34)/t19-,21-,22-,23+,24-,29-/m0/s1. The average molecular weight is 544 g/mol. The highest BCUT2D eigenvalue weighted by molar-refractivity contribution is 6.47. The van der Waals surface area contributed by atoms with Crippen LogP contribution in [0.1, 0.15) is 72.8 Å². The zero-order valence-electron chi connectivity index (χ0n) is 24.0. The van der Waals surface area contributed by atoms with E-state index in [4.69, 9.17) is 18.8 Å². The van der Waals surface area contributed by atoms with Gasteiger partial charge in [0.25, 0.3) is 0 Å². The molecule has 0 radical (unpaired) electrons. The maximum absolute atomic E-state index is 13.6. The minimum Gasteiger partial charge on any atom is -0.444 e. The Morgan fingerprint density at radius 2 is 1.92 bits per heavy atom. The summed E-state index contributed by atoms with van der Waals surface area (Å²) in [6.07, 6.45) is 2.36. The van der Waals surface area contributed by atoms with E-state index >= 15 is 0 Å². The Morgan fingerprint density at radius 1 is 1.21 bits per heavy atom. The number of piperidine rings is 1. The van der Waals surface area contributed by atoms with Crippen molar-refractivity contribution in [2.24, 2.45) is 17.3 Å². The SMILES string of the molecule is CC(C)(C)OC(=O)N1CCC[C@H](OC(=O)N[C@@H](Cc2ccc(F)cc2)B2O[C@@H]3C[C@@H]4C[C@@H](C4(C)C)[C@]3(C)O2)C1. The summed E-state index contributed by atoms with van der Waals surface area (Å²) < 4.78 is 38.0. The highest BCUT2D eigenvalue weighted by Gasteiger charge is 2.68. The van der Waals surface area contributed by atoms with Crippen LogP contribution in [0.4, 0.5) is 14.0 Å². The molecule has 3 saturated carbocycles. The summed E-state index contributed by atoms with van der Waals surface area (Å²) in [5, 5.41) is 2.99. The molecule has 10 heteroatoms. The number of hydrogen-bond acceptors (Lipinski definition) is 6. The summed E-state index contributed by atoms with van der Waals surface area (Å²) in [5.74, 6) is 0.147. The minimum absolute atomic E-state index is 0.0338. The molecule has 2 heterocycles. The number of alkyl carbamates (subject to hydrolysis) is 1. The molecule has 5 aliphatic rings. The average Bonchev–Trinajstić information content (AvgIpc) is 3.21. The Hall–Kier alpha value is -2.33. The molecule has 5 fully saturated rings. The fourth-order valence-electron chi connectivity index (χ4n) is 7.02. The number of carbonyl (C=O) groups excluding carboxylic acids is 2. The van der Waals surface area contributed by atoms with Gasteiger partial charge in [0.1, 0.15) is 17.5 Å². The van der Waals surface area contributed by atoms with Gasteiger partial charge in [-0.15, -0.1) is 0 Å². The molecule has 39 heavy (non-hydrogen) atoms. The van der Waals surface area contributed by atoms with E-state index in [9.17, 15) is 14.0 Å². The first-order chi connectivity index (χ1) is 18.2. The van der Waals surface area contributed by atoms with Crippen LogP contribution in [-0.4, -0.2) is 66.6 Å². The molecule has 1 aromatic carbocycles. The van der Waals surface area contributed by atoms with Crippen LogP contribution in [-0.2, 0) is 25.2 Å². The number of nitrogens with one attached hydrogen (secondary N) is 1. The molecule has 6 rings (SSSR count). The first kappa shape index (κ1) is 28.2. The van der Waals surface area contributed by atoms with Gasteiger partial charge >= 0.3 is 19.3 Å². The first-order valence-electron chi connectivity index (χ1n) is 14.3. The van der Waals surface area contributed by atoms with Crippen LogP contribution in [0, 0.1) is 23.1 Å². The molecule has 2 amide bonds. The predicted molar refractivity (Wildman–Crippen MR) is 144 cm³/mol. The number of hydrogen-bond donors (Lipinski definition) is 1. The van der Waals surface area contributed by atoms with Crippen LogP contribution in [0.2, 0.25) is 0 Å². The third-order valence-electron chi connectivity index (χ3n) is 9.27. The molecule has 1 aromatic rings. The number of rotatable bonds is 5. The Morgan fingerprint density at radius 3 is 2.59 bits per heavy atom. The molecule has 214 valence electrons. The van der Waals surface area contributed by atoms with Crippen LogP contribution in [0.5, 0.6) is 0 Å². The molecule has 0 aromatic heterocycles. The van der Waals surface area contributed by atoms with Crippen molar-refractivity contribution in [3.8, 4) is 0 Å². The molecule has 3 aliphatic carbocycles. The number of amides is 2. The molecule has 2 bridgehead atoms. The second-order valence-corrected chi connectivity index (χ2v) is 13.5. The molecule has 0 spiro atoms. The smallest absolute Gasteiger partial charge is 0.444 e. The zero-order chi connectivity index (χ0) is 28.2. The summed E-state index contributed by atoms with van der Waals surface area (Å²) in [4.78, 5) is 27.3. The lowest BCUT2D eigenvalue weighted by atomic mass is 9.43. The van der Waals surface area contributed by atoms with Gasteiger partial charge in [0.15, 0.2) is 0 Å². The van der Waals surface area contributed by atoms with E-state index < -0.39 is 42.6 Å². The molecule has 0 unspecified atom stereocenters. The van der Waals surface area contributed by atoms with Gasteiger partial charge in [-0.3, -0.25) is 0 Å². The largest absolute Gasteiger partial charge is 0.482 e. The predicted octanol–water partition coefficient (Wildman–Crippen LogP) is 5.13. The maximum Gasteiger partial charge on any atom is 0.482 e. The summed E-state index contributed by atoms with van der Waals surface area (Å²) in [7, 11) is -0.655. The van der Waals surface area contributed by atoms with Crippen LogP contribution in [0.3, 0.4) is 0 Å². The molecular formula is C29H42BFN2O6. The topological polar surface area (TPSA) is 86.3 Å². The van der Waals surface area contributed by atoms with E-state index in [1.165, 1.54) is 12.1 Å². The summed E-state index contributed by atoms with van der Waals surface area (Å²) >= 11 is 0. The van der Waals surface area contributed by atoms with E-state index in [2.05, 4.69) is 26.1 Å². The molecule has 2 saturated heterocycles. The summed E-state index contributed by atoms with van der Waals surface area (Å²) in [6.45, 7) is 13.1. The van der Waals surface area contributed by atoms with Crippen LogP contribution in [0.15, 0.2) is 24.3 Å². The normalized spacial score (nSPS) is 32.1. The number of halogens is 1. The van der Waals surface area contributed by atoms with Crippen molar-refractivity contribution in [1.82, 2.24) is 10.2 Å². The van der Waals surface area contributed by atoms with E-state index in [1.807, 2.05) is 20.8 Å².